The van der Waals surface area contributed by atoms with Crippen molar-refractivity contribution >= 4 is 0 Å². The van der Waals surface area contributed by atoms with Gasteiger partial charge < -0.3 is 4.74 Å². The summed E-state index contributed by atoms with van der Waals surface area (Å²) < 4.78 is 18.9. The molecular weight excluding hydrogens is 235 g/mol. The Bertz CT molecular complexity index is 521. The Hall–Kier alpha value is -2.05. The van der Waals surface area contributed by atoms with E-state index in [9.17, 15) is 4.39 Å². The number of ether oxygens (including phenoxy) is 1. The molecule has 0 saturated heterocycles. The Morgan fingerprint density at radius 1 is 1.33 bits per heavy atom. The third-order valence-corrected chi connectivity index (χ3v) is 2.53. The number of hydrogen-bond donors (Lipinski definition) is 2. The fraction of sp³-hybridized carbons (Fsp3) is 0.167. The number of nitrogens with one attached hydrogen (secondary N) is 1. The lowest BCUT2D eigenvalue weighted by Gasteiger charge is -2.15. The van der Waals surface area contributed by atoms with Crippen LogP contribution in [0, 0.1) is 5.82 Å². The molecule has 1 heterocycles. The summed E-state index contributed by atoms with van der Waals surface area (Å²) in [6.07, 6.45) is 3.15. The Morgan fingerprint density at radius 3 is 2.61 bits per heavy atom. The summed E-state index contributed by atoms with van der Waals surface area (Å²) in [6, 6.07) is 5.63. The fourth-order valence-electron chi connectivity index (χ4n) is 1.63. The summed E-state index contributed by atoms with van der Waals surface area (Å²) in [7, 11) is 1.48. The highest BCUT2D eigenvalue weighted by Crippen LogP contribution is 2.24. The SMILES string of the molecule is COc1ccc(C(NN)c2ncccn2)c(F)c1. The van der Waals surface area contributed by atoms with Gasteiger partial charge in [0.2, 0.25) is 0 Å². The van der Waals surface area contributed by atoms with E-state index >= 15 is 0 Å². The van der Waals surface area contributed by atoms with Crippen molar-refractivity contribution < 1.29 is 9.13 Å². The van der Waals surface area contributed by atoms with E-state index < -0.39 is 11.9 Å². The lowest BCUT2D eigenvalue weighted by molar-refractivity contribution is 0.409. The van der Waals surface area contributed by atoms with Crippen molar-refractivity contribution in [3.05, 3.63) is 53.9 Å². The van der Waals surface area contributed by atoms with Gasteiger partial charge in [0.25, 0.3) is 0 Å². The van der Waals surface area contributed by atoms with Crippen LogP contribution in [0.1, 0.15) is 17.4 Å². The number of benzene rings is 1. The largest absolute Gasteiger partial charge is 0.497 e. The third kappa shape index (κ3) is 2.44. The van der Waals surface area contributed by atoms with E-state index in [4.69, 9.17) is 10.6 Å². The van der Waals surface area contributed by atoms with E-state index in [2.05, 4.69) is 15.4 Å². The number of hydrogen-bond acceptors (Lipinski definition) is 5. The van der Waals surface area contributed by atoms with Crippen LogP contribution in [0.4, 0.5) is 4.39 Å². The summed E-state index contributed by atoms with van der Waals surface area (Å²) in [6.45, 7) is 0. The van der Waals surface area contributed by atoms with Crippen LogP contribution < -0.4 is 16.0 Å². The van der Waals surface area contributed by atoms with Crippen molar-refractivity contribution in [3.63, 3.8) is 0 Å². The van der Waals surface area contributed by atoms with Gasteiger partial charge in [-0.1, -0.05) is 6.07 Å². The Balaban J connectivity index is 2.39. The number of aromatic nitrogens is 2. The summed E-state index contributed by atoms with van der Waals surface area (Å²) in [5.74, 6) is 5.87. The molecule has 2 aromatic rings. The number of methoxy groups -OCH3 is 1. The molecule has 0 amide bonds. The van der Waals surface area contributed by atoms with Crippen LogP contribution in [-0.4, -0.2) is 17.1 Å². The zero-order valence-corrected chi connectivity index (χ0v) is 9.80. The molecule has 5 nitrogen and oxygen atoms in total. The molecule has 18 heavy (non-hydrogen) atoms. The molecule has 94 valence electrons. The predicted octanol–water partition coefficient (Wildman–Crippen LogP) is 1.18. The van der Waals surface area contributed by atoms with Gasteiger partial charge in [0.15, 0.2) is 5.82 Å². The highest BCUT2D eigenvalue weighted by molar-refractivity contribution is 5.33. The molecule has 2 rings (SSSR count). The van der Waals surface area contributed by atoms with Crippen molar-refractivity contribution in [1.29, 1.82) is 0 Å². The van der Waals surface area contributed by atoms with Gasteiger partial charge in [-0.15, -0.1) is 0 Å². The van der Waals surface area contributed by atoms with Gasteiger partial charge in [0, 0.05) is 24.0 Å². The number of hydrazine groups is 1. The highest BCUT2D eigenvalue weighted by Gasteiger charge is 2.19. The molecule has 0 radical (unpaired) electrons. The third-order valence-electron chi connectivity index (χ3n) is 2.53. The minimum atomic E-state index is -0.600. The van der Waals surface area contributed by atoms with Gasteiger partial charge in [-0.3, -0.25) is 5.84 Å². The van der Waals surface area contributed by atoms with Crippen molar-refractivity contribution in [3.8, 4) is 5.75 Å². The van der Waals surface area contributed by atoms with Gasteiger partial charge in [-0.25, -0.2) is 19.8 Å². The predicted molar refractivity (Wildman–Crippen MR) is 64.2 cm³/mol. The highest BCUT2D eigenvalue weighted by atomic mass is 19.1. The van der Waals surface area contributed by atoms with Crippen LogP contribution in [0.5, 0.6) is 5.75 Å². The average molecular weight is 248 g/mol. The zero-order chi connectivity index (χ0) is 13.0. The molecular formula is C12H13FN4O. The van der Waals surface area contributed by atoms with E-state index in [1.165, 1.54) is 13.2 Å². The van der Waals surface area contributed by atoms with Crippen LogP contribution in [0.3, 0.4) is 0 Å². The second-order valence-electron chi connectivity index (χ2n) is 3.59. The quantitative estimate of drug-likeness (QED) is 0.628. The molecule has 1 aromatic carbocycles. The maximum absolute atomic E-state index is 13.9. The summed E-state index contributed by atoms with van der Waals surface area (Å²) in [5, 5.41) is 0. The molecule has 6 heteroatoms. The average Bonchev–Trinajstić information content (AvgIpc) is 2.42. The van der Waals surface area contributed by atoms with Gasteiger partial charge in [-0.05, 0) is 12.1 Å². The van der Waals surface area contributed by atoms with E-state index in [0.29, 0.717) is 17.1 Å². The zero-order valence-electron chi connectivity index (χ0n) is 9.80. The molecule has 0 aliphatic heterocycles. The minimum absolute atomic E-state index is 0.365. The van der Waals surface area contributed by atoms with Gasteiger partial charge >= 0.3 is 0 Å². The second kappa shape index (κ2) is 5.52. The number of nitrogens with zero attached hydrogens (tertiary/aromatic N) is 2. The number of rotatable bonds is 4. The molecule has 0 aliphatic carbocycles. The van der Waals surface area contributed by atoms with E-state index in [0.717, 1.165) is 0 Å². The lowest BCUT2D eigenvalue weighted by Crippen LogP contribution is -2.30. The first-order valence-corrected chi connectivity index (χ1v) is 5.32. The summed E-state index contributed by atoms with van der Waals surface area (Å²) in [5.41, 5.74) is 2.87. The first kappa shape index (κ1) is 12.4. The molecule has 0 aliphatic rings. The van der Waals surface area contributed by atoms with Crippen LogP contribution in [-0.2, 0) is 0 Å². The maximum atomic E-state index is 13.9. The normalized spacial score (nSPS) is 12.2. The van der Waals surface area contributed by atoms with Crippen LogP contribution in [0.15, 0.2) is 36.7 Å². The van der Waals surface area contributed by atoms with Gasteiger partial charge in [0.1, 0.15) is 17.6 Å². The first-order valence-electron chi connectivity index (χ1n) is 5.32. The van der Waals surface area contributed by atoms with Crippen molar-refractivity contribution in [2.75, 3.05) is 7.11 Å². The number of halogens is 1. The standard InChI is InChI=1S/C12H13FN4O/c1-18-8-3-4-9(10(13)7-8)11(17-14)12-15-5-2-6-16-12/h2-7,11,17H,14H2,1H3. The topological polar surface area (TPSA) is 73.1 Å². The van der Waals surface area contributed by atoms with Crippen LogP contribution >= 0.6 is 0 Å². The van der Waals surface area contributed by atoms with Crippen molar-refractivity contribution in [1.82, 2.24) is 15.4 Å². The van der Waals surface area contributed by atoms with Gasteiger partial charge in [0.05, 0.1) is 7.11 Å². The first-order chi connectivity index (χ1) is 8.76. The molecule has 0 spiro atoms. The summed E-state index contributed by atoms with van der Waals surface area (Å²) >= 11 is 0. The molecule has 3 N–H and O–H groups in total. The monoisotopic (exact) mass is 248 g/mol. The van der Waals surface area contributed by atoms with E-state index in [1.807, 2.05) is 0 Å². The summed E-state index contributed by atoms with van der Waals surface area (Å²) in [4.78, 5) is 8.12. The van der Waals surface area contributed by atoms with Crippen LogP contribution in [0.25, 0.3) is 0 Å². The molecule has 0 saturated carbocycles. The minimum Gasteiger partial charge on any atom is -0.497 e. The Labute approximate surface area is 104 Å². The molecule has 0 fully saturated rings. The Kier molecular flexibility index (Phi) is 3.81. The molecule has 1 atom stereocenters. The van der Waals surface area contributed by atoms with Gasteiger partial charge in [-0.2, -0.15) is 0 Å². The smallest absolute Gasteiger partial charge is 0.151 e. The molecule has 1 unspecified atom stereocenters. The molecule has 1 aromatic heterocycles. The van der Waals surface area contributed by atoms with E-state index in [-0.39, 0.29) is 0 Å². The van der Waals surface area contributed by atoms with Crippen molar-refractivity contribution in [2.24, 2.45) is 5.84 Å². The molecule has 0 bridgehead atoms. The lowest BCUT2D eigenvalue weighted by atomic mass is 10.1. The Morgan fingerprint density at radius 2 is 2.06 bits per heavy atom. The second-order valence-corrected chi connectivity index (χ2v) is 3.59. The van der Waals surface area contributed by atoms with Crippen LogP contribution in [0.2, 0.25) is 0 Å². The van der Waals surface area contributed by atoms with E-state index in [1.54, 1.807) is 30.6 Å². The van der Waals surface area contributed by atoms with Crippen molar-refractivity contribution in [2.45, 2.75) is 6.04 Å². The maximum Gasteiger partial charge on any atom is 0.151 e. The number of nitrogens with two attached hydrogens (primary N) is 1. The fourth-order valence-corrected chi connectivity index (χ4v) is 1.63.